The first kappa shape index (κ1) is 17.8. The molecular formula is C23H23NO2S. The summed E-state index contributed by atoms with van der Waals surface area (Å²) >= 11 is 1.45. The van der Waals surface area contributed by atoms with Crippen molar-refractivity contribution in [2.45, 2.75) is 39.7 Å². The number of nitrogens with one attached hydrogen (secondary N) is 1. The molecule has 1 aliphatic carbocycles. The Morgan fingerprint density at radius 1 is 1.07 bits per heavy atom. The number of rotatable bonds is 5. The van der Waals surface area contributed by atoms with Crippen molar-refractivity contribution < 1.29 is 9.53 Å². The number of carbonyl (C=O) groups excluding carboxylic acids is 1. The highest BCUT2D eigenvalue weighted by molar-refractivity contribution is 7.12. The quantitative estimate of drug-likeness (QED) is 0.621. The Balaban J connectivity index is 1.38. The second-order valence-corrected chi connectivity index (χ2v) is 8.08. The lowest BCUT2D eigenvalue weighted by atomic mass is 10.1. The van der Waals surface area contributed by atoms with Crippen LogP contribution in [0.5, 0.6) is 5.75 Å². The summed E-state index contributed by atoms with van der Waals surface area (Å²) in [6.45, 7) is 4.53. The number of aryl methyl sites for hydroxylation is 4. The van der Waals surface area contributed by atoms with Gasteiger partial charge in [-0.3, -0.25) is 4.79 Å². The lowest BCUT2D eigenvalue weighted by molar-refractivity contribution is 0.103. The average molecular weight is 378 g/mol. The summed E-state index contributed by atoms with van der Waals surface area (Å²) in [4.78, 5) is 13.2. The summed E-state index contributed by atoms with van der Waals surface area (Å²) in [6, 6.07) is 14.3. The molecule has 1 aromatic heterocycles. The van der Waals surface area contributed by atoms with E-state index < -0.39 is 0 Å². The van der Waals surface area contributed by atoms with Gasteiger partial charge in [0.05, 0.1) is 4.88 Å². The average Bonchev–Trinajstić information content (AvgIpc) is 3.31. The van der Waals surface area contributed by atoms with Crippen LogP contribution < -0.4 is 10.1 Å². The number of hydrogen-bond donors (Lipinski definition) is 1. The molecule has 3 nitrogen and oxygen atoms in total. The molecule has 0 fully saturated rings. The van der Waals surface area contributed by atoms with Gasteiger partial charge in [0.2, 0.25) is 0 Å². The molecule has 0 spiro atoms. The summed E-state index contributed by atoms with van der Waals surface area (Å²) in [7, 11) is 0. The Labute approximate surface area is 164 Å². The van der Waals surface area contributed by atoms with Crippen molar-refractivity contribution in [2.24, 2.45) is 0 Å². The number of amides is 1. The molecule has 4 rings (SSSR count). The van der Waals surface area contributed by atoms with Crippen LogP contribution >= 0.6 is 11.3 Å². The van der Waals surface area contributed by atoms with Gasteiger partial charge >= 0.3 is 0 Å². The molecule has 0 saturated carbocycles. The first-order valence-corrected chi connectivity index (χ1v) is 10.2. The topological polar surface area (TPSA) is 38.3 Å². The van der Waals surface area contributed by atoms with E-state index in [1.807, 2.05) is 43.5 Å². The number of carbonyl (C=O) groups is 1. The van der Waals surface area contributed by atoms with Crippen LogP contribution in [0.25, 0.3) is 0 Å². The molecule has 0 saturated heterocycles. The lowest BCUT2D eigenvalue weighted by Crippen LogP contribution is -2.11. The number of ether oxygens (including phenoxy) is 1. The summed E-state index contributed by atoms with van der Waals surface area (Å²) in [5, 5.41) is 4.99. The molecule has 0 radical (unpaired) electrons. The predicted octanol–water partition coefficient (Wildman–Crippen LogP) is 5.68. The minimum absolute atomic E-state index is 0.0734. The van der Waals surface area contributed by atoms with E-state index in [1.165, 1.54) is 40.9 Å². The zero-order valence-corrected chi connectivity index (χ0v) is 16.5. The SMILES string of the molecule is Cc1ccc(NC(=O)c2cc(COc3ccc4c(c3)CCC4)cs2)c(C)c1. The zero-order valence-electron chi connectivity index (χ0n) is 15.7. The van der Waals surface area contributed by atoms with Crippen molar-refractivity contribution in [3.05, 3.63) is 80.5 Å². The van der Waals surface area contributed by atoms with Crippen LogP contribution in [0.1, 0.15) is 43.9 Å². The Morgan fingerprint density at radius 3 is 2.78 bits per heavy atom. The molecule has 0 bridgehead atoms. The van der Waals surface area contributed by atoms with Crippen LogP contribution in [-0.2, 0) is 19.4 Å². The van der Waals surface area contributed by atoms with Crippen LogP contribution in [0.3, 0.4) is 0 Å². The lowest BCUT2D eigenvalue weighted by Gasteiger charge is -2.08. The van der Waals surface area contributed by atoms with Gasteiger partial charge in [0, 0.05) is 11.3 Å². The molecule has 1 aliphatic rings. The van der Waals surface area contributed by atoms with Gasteiger partial charge in [0.25, 0.3) is 5.91 Å². The number of anilines is 1. The van der Waals surface area contributed by atoms with Gasteiger partial charge in [-0.05, 0) is 79.4 Å². The highest BCUT2D eigenvalue weighted by Crippen LogP contribution is 2.27. The normalized spacial score (nSPS) is 12.7. The van der Waals surface area contributed by atoms with Crippen molar-refractivity contribution in [3.63, 3.8) is 0 Å². The van der Waals surface area contributed by atoms with Gasteiger partial charge in [-0.15, -0.1) is 11.3 Å². The number of hydrogen-bond acceptors (Lipinski definition) is 3. The van der Waals surface area contributed by atoms with Crippen LogP contribution in [-0.4, -0.2) is 5.91 Å². The second kappa shape index (κ2) is 7.57. The Bertz CT molecular complexity index is 990. The fourth-order valence-electron chi connectivity index (χ4n) is 3.51. The van der Waals surface area contributed by atoms with E-state index >= 15 is 0 Å². The van der Waals surface area contributed by atoms with Gasteiger partial charge in [-0.2, -0.15) is 0 Å². The van der Waals surface area contributed by atoms with Gasteiger partial charge in [-0.1, -0.05) is 23.8 Å². The minimum Gasteiger partial charge on any atom is -0.489 e. The molecule has 0 atom stereocenters. The van der Waals surface area contributed by atoms with E-state index in [0.717, 1.165) is 29.0 Å². The maximum atomic E-state index is 12.5. The molecule has 0 aliphatic heterocycles. The first-order chi connectivity index (χ1) is 13.1. The van der Waals surface area contributed by atoms with E-state index in [2.05, 4.69) is 23.5 Å². The van der Waals surface area contributed by atoms with E-state index in [1.54, 1.807) is 0 Å². The Morgan fingerprint density at radius 2 is 1.93 bits per heavy atom. The third kappa shape index (κ3) is 4.06. The molecule has 2 aromatic carbocycles. The van der Waals surface area contributed by atoms with Crippen molar-refractivity contribution in [3.8, 4) is 5.75 Å². The molecule has 4 heteroatoms. The minimum atomic E-state index is -0.0734. The molecule has 138 valence electrons. The fourth-order valence-corrected chi connectivity index (χ4v) is 4.30. The van der Waals surface area contributed by atoms with Crippen LogP contribution in [0.2, 0.25) is 0 Å². The molecule has 0 unspecified atom stereocenters. The Hall–Kier alpha value is -2.59. The van der Waals surface area contributed by atoms with Crippen molar-refractivity contribution >= 4 is 22.9 Å². The third-order valence-corrected chi connectivity index (χ3v) is 5.96. The predicted molar refractivity (Wildman–Crippen MR) is 111 cm³/mol. The van der Waals surface area contributed by atoms with Crippen molar-refractivity contribution in [1.82, 2.24) is 0 Å². The zero-order chi connectivity index (χ0) is 18.8. The largest absolute Gasteiger partial charge is 0.489 e. The van der Waals surface area contributed by atoms with Crippen molar-refractivity contribution in [2.75, 3.05) is 5.32 Å². The summed E-state index contributed by atoms with van der Waals surface area (Å²) in [5.74, 6) is 0.832. The third-order valence-electron chi connectivity index (χ3n) is 4.98. The number of fused-ring (bicyclic) bond motifs is 1. The molecule has 27 heavy (non-hydrogen) atoms. The smallest absolute Gasteiger partial charge is 0.265 e. The van der Waals surface area contributed by atoms with Crippen LogP contribution in [0, 0.1) is 13.8 Å². The molecular weight excluding hydrogens is 354 g/mol. The monoisotopic (exact) mass is 377 g/mol. The maximum absolute atomic E-state index is 12.5. The molecule has 3 aromatic rings. The van der Waals surface area contributed by atoms with E-state index in [-0.39, 0.29) is 5.91 Å². The maximum Gasteiger partial charge on any atom is 0.265 e. The summed E-state index contributed by atoms with van der Waals surface area (Å²) < 4.78 is 5.94. The first-order valence-electron chi connectivity index (χ1n) is 9.29. The van der Waals surface area contributed by atoms with E-state index in [0.29, 0.717) is 11.5 Å². The van der Waals surface area contributed by atoms with Crippen LogP contribution in [0.4, 0.5) is 5.69 Å². The van der Waals surface area contributed by atoms with E-state index in [9.17, 15) is 4.79 Å². The standard InChI is InChI=1S/C23H23NO2S/c1-15-6-9-21(16(2)10-15)24-23(25)22-11-17(14-27-22)13-26-20-8-7-18-4-3-5-19(18)12-20/h6-12,14H,3-5,13H2,1-2H3,(H,24,25). The summed E-state index contributed by atoms with van der Waals surface area (Å²) in [6.07, 6.45) is 3.56. The summed E-state index contributed by atoms with van der Waals surface area (Å²) in [5.41, 5.74) is 6.99. The van der Waals surface area contributed by atoms with E-state index in [4.69, 9.17) is 4.74 Å². The highest BCUT2D eigenvalue weighted by Gasteiger charge is 2.13. The Kier molecular flexibility index (Phi) is 4.99. The fraction of sp³-hybridized carbons (Fsp3) is 0.261. The molecule has 1 amide bonds. The molecule has 1 heterocycles. The number of benzene rings is 2. The van der Waals surface area contributed by atoms with Crippen molar-refractivity contribution in [1.29, 1.82) is 0 Å². The van der Waals surface area contributed by atoms with Gasteiger partial charge in [0.15, 0.2) is 0 Å². The molecule has 1 N–H and O–H groups in total. The van der Waals surface area contributed by atoms with Gasteiger partial charge in [0.1, 0.15) is 12.4 Å². The highest BCUT2D eigenvalue weighted by atomic mass is 32.1. The van der Waals surface area contributed by atoms with Crippen LogP contribution in [0.15, 0.2) is 47.8 Å². The number of thiophene rings is 1. The second-order valence-electron chi connectivity index (χ2n) is 7.16. The van der Waals surface area contributed by atoms with Gasteiger partial charge < -0.3 is 10.1 Å². The van der Waals surface area contributed by atoms with Gasteiger partial charge in [-0.25, -0.2) is 0 Å².